The van der Waals surface area contributed by atoms with Crippen LogP contribution in [0.1, 0.15) is 280 Å². The molecule has 24 nitrogen and oxygen atoms in total. The molecule has 0 radical (unpaired) electrons. The van der Waals surface area contributed by atoms with Crippen LogP contribution >= 0.6 is 7.82 Å². The molecule has 0 aromatic heterocycles. The van der Waals surface area contributed by atoms with Gasteiger partial charge in [-0.25, -0.2) is 4.57 Å². The van der Waals surface area contributed by atoms with Gasteiger partial charge in [0.2, 0.25) is 11.8 Å². The van der Waals surface area contributed by atoms with Gasteiger partial charge in [-0.15, -0.1) is 0 Å². The number of unbranched alkanes of at least 4 members (excludes halogenated alkanes) is 28. The molecule has 25 heteroatoms. The fourth-order valence-electron chi connectivity index (χ4n) is 12.4. The van der Waals surface area contributed by atoms with Crippen molar-refractivity contribution in [3.05, 3.63) is 58.7 Å². The molecule has 0 bridgehead atoms. The summed E-state index contributed by atoms with van der Waals surface area (Å²) in [6, 6.07) is 0. The van der Waals surface area contributed by atoms with Gasteiger partial charge in [-0.05, 0) is 69.4 Å². The lowest BCUT2D eigenvalue weighted by Crippen LogP contribution is -2.30. The number of ether oxygens (including phenoxy) is 14. The summed E-state index contributed by atoms with van der Waals surface area (Å²) < 4.78 is 101. The zero-order valence-electron chi connectivity index (χ0n) is 72.0. The number of rotatable bonds is 86. The number of carbonyl (C=O) groups excluding carboxylic acids is 4. The van der Waals surface area contributed by atoms with E-state index in [-0.39, 0.29) is 69.5 Å². The maximum absolute atomic E-state index is 12.9. The molecule has 0 spiro atoms. The highest BCUT2D eigenvalue weighted by molar-refractivity contribution is 7.47. The lowest BCUT2D eigenvalue weighted by atomic mass is 9.72. The maximum Gasteiger partial charge on any atom is 0.472 e. The maximum atomic E-state index is 12.9. The third-order valence-electron chi connectivity index (χ3n) is 19.0. The molecule has 2 amide bonds. The molecule has 1 aliphatic carbocycles. The van der Waals surface area contributed by atoms with E-state index in [4.69, 9.17) is 75.4 Å². The van der Waals surface area contributed by atoms with E-state index in [9.17, 15) is 28.6 Å². The molecule has 0 saturated heterocycles. The van der Waals surface area contributed by atoms with Crippen molar-refractivity contribution in [1.29, 1.82) is 0 Å². The van der Waals surface area contributed by atoms with E-state index in [2.05, 4.69) is 70.4 Å². The largest absolute Gasteiger partial charge is 0.472 e. The van der Waals surface area contributed by atoms with E-state index in [0.29, 0.717) is 165 Å². The second-order valence-electron chi connectivity index (χ2n) is 30.0. The Kier molecular flexibility index (Phi) is 76.5. The van der Waals surface area contributed by atoms with E-state index in [0.717, 1.165) is 49.7 Å². The van der Waals surface area contributed by atoms with Crippen molar-refractivity contribution in [3.8, 4) is 0 Å². The molecule has 0 saturated carbocycles. The smallest absolute Gasteiger partial charge is 0.462 e. The van der Waals surface area contributed by atoms with Gasteiger partial charge in [-0.3, -0.25) is 28.2 Å². The molecule has 0 aliphatic heterocycles. The standard InChI is InChI=1S/C88H161N2O22P/c1-8-10-12-14-16-18-20-22-24-26-28-30-32-34-36-43-86(93)109-77-82(112-87(94)44-37-35-33-31-29-27-25-23-21-19-17-15-13-11-9-2)78-111-113(95,96)110-53-50-89-84(91)47-51-97-54-56-99-58-60-101-62-64-103-66-68-105-70-72-107-74-75-108-73-71-106-69-67-104-65-63-102-61-59-100-57-55-98-52-49-90-85(92)76-80(4)41-38-40-79(3)45-46-83-81(5)42-39-48-88(83,6)7/h38,40-41,45-46,76,82H,8-37,39,42-44,47-75,77-78H2,1-7H3,(H,89,91)(H,90,92)(H,95,96)/b41-38+,46-45+,79-40+,80-76+. The summed E-state index contributed by atoms with van der Waals surface area (Å²) in [5.41, 5.74) is 5.18. The van der Waals surface area contributed by atoms with Gasteiger partial charge in [0, 0.05) is 38.4 Å². The van der Waals surface area contributed by atoms with Crippen molar-refractivity contribution < 1.29 is 104 Å². The molecule has 0 aromatic rings. The van der Waals surface area contributed by atoms with Crippen LogP contribution in [0.25, 0.3) is 0 Å². The van der Waals surface area contributed by atoms with Crippen LogP contribution in [0.15, 0.2) is 58.7 Å². The van der Waals surface area contributed by atoms with Crippen molar-refractivity contribution in [3.63, 3.8) is 0 Å². The van der Waals surface area contributed by atoms with Crippen molar-refractivity contribution in [2.45, 2.75) is 286 Å². The minimum Gasteiger partial charge on any atom is -0.462 e. The fourth-order valence-corrected chi connectivity index (χ4v) is 13.2. The number of phosphoric ester groups is 1. The van der Waals surface area contributed by atoms with E-state index in [1.165, 1.54) is 172 Å². The van der Waals surface area contributed by atoms with Crippen LogP contribution in [-0.4, -0.2) is 226 Å². The van der Waals surface area contributed by atoms with E-state index in [1.54, 1.807) is 6.08 Å². The molecule has 113 heavy (non-hydrogen) atoms. The Balaban J connectivity index is 2.00. The molecule has 660 valence electrons. The molecule has 0 fully saturated rings. The Morgan fingerprint density at radius 2 is 0.779 bits per heavy atom. The molecule has 3 N–H and O–H groups in total. The summed E-state index contributed by atoms with van der Waals surface area (Å²) in [6.45, 7) is 24.5. The number of nitrogens with one attached hydrogen (secondary N) is 2. The highest BCUT2D eigenvalue weighted by Crippen LogP contribution is 2.43. The zero-order valence-corrected chi connectivity index (χ0v) is 72.9. The molecular weight excluding hydrogens is 1470 g/mol. The van der Waals surface area contributed by atoms with E-state index < -0.39 is 32.5 Å². The van der Waals surface area contributed by atoms with Gasteiger partial charge in [0.05, 0.1) is 172 Å². The van der Waals surface area contributed by atoms with Gasteiger partial charge in [0.1, 0.15) is 6.61 Å². The Hall–Kier alpha value is -3.79. The number of hydrogen-bond donors (Lipinski definition) is 3. The summed E-state index contributed by atoms with van der Waals surface area (Å²) in [7, 11) is -4.63. The summed E-state index contributed by atoms with van der Waals surface area (Å²) in [5, 5.41) is 5.47. The van der Waals surface area contributed by atoms with Gasteiger partial charge >= 0.3 is 19.8 Å². The third-order valence-corrected chi connectivity index (χ3v) is 20.0. The second-order valence-corrected chi connectivity index (χ2v) is 31.4. The zero-order chi connectivity index (χ0) is 82.1. The van der Waals surface area contributed by atoms with Crippen LogP contribution < -0.4 is 10.6 Å². The Morgan fingerprint density at radius 1 is 0.425 bits per heavy atom. The number of hydrogen-bond acceptors (Lipinski definition) is 21. The van der Waals surface area contributed by atoms with E-state index in [1.807, 2.05) is 19.1 Å². The van der Waals surface area contributed by atoms with Crippen LogP contribution in [0.4, 0.5) is 0 Å². The summed E-state index contributed by atoms with van der Waals surface area (Å²) in [4.78, 5) is 60.8. The summed E-state index contributed by atoms with van der Waals surface area (Å²) >= 11 is 0. The summed E-state index contributed by atoms with van der Waals surface area (Å²) in [5.74, 6) is -1.40. The van der Waals surface area contributed by atoms with Crippen LogP contribution in [0.5, 0.6) is 0 Å². The predicted octanol–water partition coefficient (Wildman–Crippen LogP) is 17.5. The number of carbonyl (C=O) groups is 4. The third kappa shape index (κ3) is 75.4. The number of esters is 2. The topological polar surface area (TPSA) is 277 Å². The Morgan fingerprint density at radius 3 is 1.17 bits per heavy atom. The number of phosphoric acid groups is 1. The number of amides is 2. The monoisotopic (exact) mass is 1630 g/mol. The summed E-state index contributed by atoms with van der Waals surface area (Å²) in [6.07, 6.45) is 51.5. The predicted molar refractivity (Wildman–Crippen MR) is 448 cm³/mol. The first-order chi connectivity index (χ1) is 55.1. The first-order valence-electron chi connectivity index (χ1n) is 43.9. The van der Waals surface area contributed by atoms with Gasteiger partial charge in [0.25, 0.3) is 0 Å². The molecule has 0 aromatic carbocycles. The van der Waals surface area contributed by atoms with Crippen molar-refractivity contribution in [2.75, 3.05) is 191 Å². The average Bonchev–Trinajstić information content (AvgIpc) is 0.822. The van der Waals surface area contributed by atoms with Crippen molar-refractivity contribution in [2.24, 2.45) is 5.41 Å². The highest BCUT2D eigenvalue weighted by Gasteiger charge is 2.28. The SMILES string of the molecule is CCCCCCCCCCCCCCCCCC(=O)OCC(COP(=O)(O)OCCNC(=O)CCOCCOCCOCCOCCOCCOCCOCCOCCOCCOCCOCCOCCNC(=O)/C=C(C)/C=C/C=C(C)/C=C/C1=C(C)CCCC1(C)C)OC(=O)CCCCCCCCCCCCCCCCC. The average molecular weight is 1630 g/mol. The normalized spacial score (nSPS) is 14.2. The van der Waals surface area contributed by atoms with Gasteiger partial charge < -0.3 is 81.8 Å². The van der Waals surface area contributed by atoms with E-state index >= 15 is 0 Å². The molecule has 1 aliphatic rings. The Labute approximate surface area is 684 Å². The van der Waals surface area contributed by atoms with Gasteiger partial charge in [-0.2, -0.15) is 0 Å². The fraction of sp³-hybridized carbons (Fsp3) is 0.841. The van der Waals surface area contributed by atoms with Crippen LogP contribution in [0.3, 0.4) is 0 Å². The number of allylic oxidation sites excluding steroid dienone is 9. The van der Waals surface area contributed by atoms with Crippen molar-refractivity contribution >= 4 is 31.6 Å². The molecule has 1 rings (SSSR count). The van der Waals surface area contributed by atoms with Crippen molar-refractivity contribution in [1.82, 2.24) is 10.6 Å². The minimum atomic E-state index is -4.63. The lowest BCUT2D eigenvalue weighted by Gasteiger charge is -2.32. The molecule has 2 unspecified atom stereocenters. The molecular formula is C88H161N2O22P. The van der Waals surface area contributed by atoms with Crippen LogP contribution in [0.2, 0.25) is 0 Å². The van der Waals surface area contributed by atoms with Gasteiger partial charge in [0.15, 0.2) is 6.10 Å². The lowest BCUT2D eigenvalue weighted by molar-refractivity contribution is -0.161. The quantitative estimate of drug-likeness (QED) is 0.0168. The Bertz CT molecular complexity index is 2440. The van der Waals surface area contributed by atoms with Gasteiger partial charge in [-0.1, -0.05) is 249 Å². The molecule has 2 atom stereocenters. The first-order valence-corrected chi connectivity index (χ1v) is 45.4. The molecule has 0 heterocycles. The second kappa shape index (κ2) is 80.6. The first kappa shape index (κ1) is 107. The van der Waals surface area contributed by atoms with Crippen LogP contribution in [0, 0.1) is 5.41 Å². The highest BCUT2D eigenvalue weighted by atomic mass is 31.2. The van der Waals surface area contributed by atoms with Crippen LogP contribution in [-0.2, 0) is 99.1 Å². The minimum absolute atomic E-state index is 0.0600.